The van der Waals surface area contributed by atoms with Crippen LogP contribution in [0.3, 0.4) is 0 Å². The van der Waals surface area contributed by atoms with Crippen molar-refractivity contribution in [1.82, 2.24) is 0 Å². The van der Waals surface area contributed by atoms with Gasteiger partial charge in [-0.05, 0) is 62.6 Å². The minimum absolute atomic E-state index is 0.0668. The number of carbonyl (C=O) groups excluding carboxylic acids is 1. The molecule has 2 aromatic carbocycles. The van der Waals surface area contributed by atoms with E-state index < -0.39 is 29.1 Å². The van der Waals surface area contributed by atoms with E-state index in [1.165, 1.54) is 43.5 Å². The number of alkyl halides is 2. The summed E-state index contributed by atoms with van der Waals surface area (Å²) in [5.74, 6) is -3.05. The van der Waals surface area contributed by atoms with Crippen LogP contribution in [0.1, 0.15) is 90.0 Å². The van der Waals surface area contributed by atoms with E-state index in [-0.39, 0.29) is 12.4 Å². The molecule has 0 aromatic heterocycles. The monoisotopic (exact) mass is 526 g/mol. The lowest BCUT2D eigenvalue weighted by Crippen LogP contribution is -2.24. The topological polar surface area (TPSA) is 44.8 Å². The first-order chi connectivity index (χ1) is 17.8. The zero-order valence-corrected chi connectivity index (χ0v) is 21.8. The molecule has 0 atom stereocenters. The summed E-state index contributed by atoms with van der Waals surface area (Å²) in [6, 6.07) is 7.18. The zero-order valence-electron chi connectivity index (χ0n) is 21.8. The third-order valence-electron chi connectivity index (χ3n) is 5.91. The molecule has 37 heavy (non-hydrogen) atoms. The molecule has 0 amide bonds. The van der Waals surface area contributed by atoms with Crippen LogP contribution >= 0.6 is 0 Å². The molecule has 8 heteroatoms. The number of carbonyl (C=O) groups is 1. The number of Topliss-reactive ketones (excluding diaryl/α,β-unsaturated/α-hetero) is 1. The van der Waals surface area contributed by atoms with Crippen molar-refractivity contribution in [3.05, 3.63) is 53.6 Å². The Morgan fingerprint density at radius 1 is 0.730 bits per heavy atom. The highest BCUT2D eigenvalue weighted by atomic mass is 19.3. The van der Waals surface area contributed by atoms with Crippen LogP contribution in [-0.4, -0.2) is 19.0 Å². The fourth-order valence-electron chi connectivity index (χ4n) is 3.85. The maximum Gasteiger partial charge on any atom is 0.429 e. The van der Waals surface area contributed by atoms with Gasteiger partial charge in [0.15, 0.2) is 11.6 Å². The van der Waals surface area contributed by atoms with E-state index in [4.69, 9.17) is 9.47 Å². The molecular formula is C29H38F4O4. The quantitative estimate of drug-likeness (QED) is 0.136. The van der Waals surface area contributed by atoms with Crippen molar-refractivity contribution >= 4 is 5.78 Å². The highest BCUT2D eigenvalue weighted by Gasteiger charge is 2.39. The van der Waals surface area contributed by atoms with Gasteiger partial charge in [0, 0.05) is 12.8 Å². The molecule has 206 valence electrons. The number of hydrogen-bond acceptors (Lipinski definition) is 4. The van der Waals surface area contributed by atoms with Gasteiger partial charge < -0.3 is 14.2 Å². The zero-order chi connectivity index (χ0) is 27.1. The van der Waals surface area contributed by atoms with Crippen LogP contribution in [0.2, 0.25) is 0 Å². The minimum atomic E-state index is -4.09. The van der Waals surface area contributed by atoms with Gasteiger partial charge in [0.25, 0.3) is 0 Å². The molecule has 0 N–H and O–H groups in total. The van der Waals surface area contributed by atoms with E-state index >= 15 is 0 Å². The van der Waals surface area contributed by atoms with Crippen molar-refractivity contribution in [1.29, 1.82) is 0 Å². The molecule has 0 fully saturated rings. The van der Waals surface area contributed by atoms with Gasteiger partial charge >= 0.3 is 6.11 Å². The van der Waals surface area contributed by atoms with Crippen LogP contribution in [0.5, 0.6) is 17.2 Å². The van der Waals surface area contributed by atoms with Gasteiger partial charge in [-0.15, -0.1) is 0 Å². The summed E-state index contributed by atoms with van der Waals surface area (Å²) in [5.41, 5.74) is -1.22. The number of rotatable bonds is 19. The number of hydrogen-bond donors (Lipinski definition) is 0. The number of ether oxygens (including phenoxy) is 3. The Kier molecular flexibility index (Phi) is 13.3. The molecular weight excluding hydrogens is 488 g/mol. The third kappa shape index (κ3) is 10.6. The van der Waals surface area contributed by atoms with E-state index in [1.54, 1.807) is 6.92 Å². The Labute approximate surface area is 217 Å². The minimum Gasteiger partial charge on any atom is -0.494 e. The second-order valence-electron chi connectivity index (χ2n) is 8.98. The average molecular weight is 527 g/mol. The molecule has 0 unspecified atom stereocenters. The van der Waals surface area contributed by atoms with Gasteiger partial charge in [-0.25, -0.2) is 4.39 Å². The lowest BCUT2D eigenvalue weighted by molar-refractivity contribution is -0.187. The van der Waals surface area contributed by atoms with Gasteiger partial charge in [-0.1, -0.05) is 45.4 Å². The second-order valence-corrected chi connectivity index (χ2v) is 8.98. The van der Waals surface area contributed by atoms with Gasteiger partial charge in [-0.2, -0.15) is 13.2 Å². The highest BCUT2D eigenvalue weighted by molar-refractivity contribution is 5.78. The van der Waals surface area contributed by atoms with Crippen LogP contribution in [0, 0.1) is 11.6 Å². The number of ketones is 1. The highest BCUT2D eigenvalue weighted by Crippen LogP contribution is 2.36. The van der Waals surface area contributed by atoms with Crippen molar-refractivity contribution in [3.63, 3.8) is 0 Å². The van der Waals surface area contributed by atoms with Crippen molar-refractivity contribution < 1.29 is 36.6 Å². The van der Waals surface area contributed by atoms with E-state index in [2.05, 4.69) is 11.7 Å². The van der Waals surface area contributed by atoms with E-state index in [0.29, 0.717) is 31.0 Å². The summed E-state index contributed by atoms with van der Waals surface area (Å²) < 4.78 is 72.3. The summed E-state index contributed by atoms with van der Waals surface area (Å²) >= 11 is 0. The predicted molar refractivity (Wildman–Crippen MR) is 135 cm³/mol. The standard InChI is InChI=1S/C29H38F4O4/c1-3-5-6-7-10-13-22(34)14-11-8-9-12-21-36-23-15-17-24(18-16-23)37-29(32,33)25-19-20-26(35-4-2)28(31)27(25)30/h15-20H,3-14,21H2,1-2H3. The molecule has 0 aliphatic heterocycles. The lowest BCUT2D eigenvalue weighted by Gasteiger charge is -2.20. The Bertz CT molecular complexity index is 948. The molecule has 0 radical (unpaired) electrons. The van der Waals surface area contributed by atoms with Crippen molar-refractivity contribution in [3.8, 4) is 17.2 Å². The Morgan fingerprint density at radius 2 is 1.32 bits per heavy atom. The summed E-state index contributed by atoms with van der Waals surface area (Å²) in [6.07, 6.45) is 6.57. The summed E-state index contributed by atoms with van der Waals surface area (Å²) in [4.78, 5) is 11.9. The third-order valence-corrected chi connectivity index (χ3v) is 5.91. The molecule has 0 saturated carbocycles. The molecule has 0 bridgehead atoms. The fraction of sp³-hybridized carbons (Fsp3) is 0.552. The van der Waals surface area contributed by atoms with Gasteiger partial charge in [0.1, 0.15) is 22.8 Å². The maximum atomic E-state index is 14.5. The Balaban J connectivity index is 1.68. The molecule has 4 nitrogen and oxygen atoms in total. The van der Waals surface area contributed by atoms with Crippen LogP contribution in [-0.2, 0) is 10.9 Å². The predicted octanol–water partition coefficient (Wildman–Crippen LogP) is 8.75. The molecule has 0 aliphatic carbocycles. The molecule has 0 saturated heterocycles. The largest absolute Gasteiger partial charge is 0.494 e. The lowest BCUT2D eigenvalue weighted by atomic mass is 10.0. The van der Waals surface area contributed by atoms with Crippen LogP contribution in [0.4, 0.5) is 17.6 Å². The Hall–Kier alpha value is -2.77. The second kappa shape index (κ2) is 16.2. The first-order valence-corrected chi connectivity index (χ1v) is 13.2. The number of halogens is 4. The molecule has 0 aliphatic rings. The SMILES string of the molecule is CCCCCCCC(=O)CCCCCCOc1ccc(OC(F)(F)c2ccc(OCC)c(F)c2F)cc1. The van der Waals surface area contributed by atoms with E-state index in [0.717, 1.165) is 50.7 Å². The Morgan fingerprint density at radius 3 is 1.95 bits per heavy atom. The smallest absolute Gasteiger partial charge is 0.429 e. The molecule has 0 spiro atoms. The first-order valence-electron chi connectivity index (χ1n) is 13.2. The number of benzene rings is 2. The van der Waals surface area contributed by atoms with Crippen LogP contribution < -0.4 is 14.2 Å². The fourth-order valence-corrected chi connectivity index (χ4v) is 3.85. The molecule has 2 rings (SSSR count). The summed E-state index contributed by atoms with van der Waals surface area (Å²) in [5, 5.41) is 0. The maximum absolute atomic E-state index is 14.5. The molecule has 2 aromatic rings. The van der Waals surface area contributed by atoms with Crippen molar-refractivity contribution in [2.24, 2.45) is 0 Å². The van der Waals surface area contributed by atoms with E-state index in [1.807, 2.05) is 0 Å². The molecule has 0 heterocycles. The van der Waals surface area contributed by atoms with Crippen molar-refractivity contribution in [2.45, 2.75) is 90.6 Å². The van der Waals surface area contributed by atoms with Crippen LogP contribution in [0.15, 0.2) is 36.4 Å². The first kappa shape index (κ1) is 30.5. The average Bonchev–Trinajstić information content (AvgIpc) is 2.87. The van der Waals surface area contributed by atoms with E-state index in [9.17, 15) is 22.4 Å². The van der Waals surface area contributed by atoms with Gasteiger partial charge in [0.05, 0.1) is 13.2 Å². The van der Waals surface area contributed by atoms with Crippen molar-refractivity contribution in [2.75, 3.05) is 13.2 Å². The van der Waals surface area contributed by atoms with Gasteiger partial charge in [-0.3, -0.25) is 4.79 Å². The van der Waals surface area contributed by atoms with Crippen LogP contribution in [0.25, 0.3) is 0 Å². The summed E-state index contributed by atoms with van der Waals surface area (Å²) in [7, 11) is 0. The number of unbranched alkanes of at least 4 members (excludes halogenated alkanes) is 7. The summed E-state index contributed by atoms with van der Waals surface area (Å²) in [6.45, 7) is 4.26. The normalized spacial score (nSPS) is 11.4. The van der Waals surface area contributed by atoms with Gasteiger partial charge in [0.2, 0.25) is 5.82 Å².